The Morgan fingerprint density at radius 3 is 2.95 bits per heavy atom. The molecule has 4 nitrogen and oxygen atoms in total. The topological polar surface area (TPSA) is 57.9 Å². The fourth-order valence-electron chi connectivity index (χ4n) is 1.87. The van der Waals surface area contributed by atoms with Crippen LogP contribution in [-0.4, -0.2) is 18.1 Å². The predicted molar refractivity (Wildman–Crippen MR) is 87.6 cm³/mol. The van der Waals surface area contributed by atoms with E-state index in [4.69, 9.17) is 10.00 Å². The van der Waals surface area contributed by atoms with Crippen LogP contribution in [0.15, 0.2) is 48.8 Å². The summed E-state index contributed by atoms with van der Waals surface area (Å²) in [6, 6.07) is 11.5. The lowest BCUT2D eigenvalue weighted by Crippen LogP contribution is -2.19. The molecule has 0 unspecified atom stereocenters. The van der Waals surface area contributed by atoms with Crippen LogP contribution in [0.25, 0.3) is 6.08 Å². The third-order valence-electron chi connectivity index (χ3n) is 3.23. The second kappa shape index (κ2) is 7.96. The third kappa shape index (κ3) is 4.72. The summed E-state index contributed by atoms with van der Waals surface area (Å²) in [5, 5.41) is 12.1. The highest BCUT2D eigenvalue weighted by molar-refractivity contribution is 5.50. The van der Waals surface area contributed by atoms with Gasteiger partial charge in [-0.25, -0.2) is 0 Å². The van der Waals surface area contributed by atoms with E-state index in [1.165, 1.54) is 0 Å². The average molecular weight is 293 g/mol. The lowest BCUT2D eigenvalue weighted by Gasteiger charge is -2.07. The van der Waals surface area contributed by atoms with Crippen molar-refractivity contribution in [3.8, 4) is 17.6 Å². The van der Waals surface area contributed by atoms with Gasteiger partial charge in [0.1, 0.15) is 11.5 Å². The molecule has 1 heterocycles. The third-order valence-corrected chi connectivity index (χ3v) is 3.23. The fourth-order valence-corrected chi connectivity index (χ4v) is 1.87. The molecule has 1 N–H and O–H groups in total. The molecule has 0 saturated carbocycles. The van der Waals surface area contributed by atoms with Crippen molar-refractivity contribution < 1.29 is 4.74 Å². The summed E-state index contributed by atoms with van der Waals surface area (Å²) in [6.07, 6.45) is 8.54. The minimum atomic E-state index is 0.442. The molecular formula is C18H19N3O. The molecule has 0 aliphatic heterocycles. The molecule has 0 amide bonds. The molecule has 2 rings (SSSR count). The maximum atomic E-state index is 8.90. The van der Waals surface area contributed by atoms with Gasteiger partial charge in [0.15, 0.2) is 0 Å². The van der Waals surface area contributed by atoms with Crippen molar-refractivity contribution in [3.05, 3.63) is 59.9 Å². The van der Waals surface area contributed by atoms with Crippen LogP contribution >= 0.6 is 0 Å². The van der Waals surface area contributed by atoms with E-state index >= 15 is 0 Å². The Bertz CT molecular complexity index is 689. The van der Waals surface area contributed by atoms with Crippen LogP contribution in [0.3, 0.4) is 0 Å². The normalized spacial score (nSPS) is 12.0. The quantitative estimate of drug-likeness (QED) is 0.881. The summed E-state index contributed by atoms with van der Waals surface area (Å²) >= 11 is 0. The molecule has 4 heteroatoms. The van der Waals surface area contributed by atoms with Gasteiger partial charge < -0.3 is 10.1 Å². The summed E-state index contributed by atoms with van der Waals surface area (Å²) in [5.41, 5.74) is 1.56. The number of nitrogens with zero attached hydrogens (tertiary/aromatic N) is 2. The number of nitrogens with one attached hydrogen (secondary N) is 1. The van der Waals surface area contributed by atoms with Crippen molar-refractivity contribution in [3.63, 3.8) is 0 Å². The highest BCUT2D eigenvalue weighted by Gasteiger charge is 2.00. The molecule has 0 saturated heterocycles. The lowest BCUT2D eigenvalue weighted by molar-refractivity contribution is 0.480. The molecule has 1 aromatic heterocycles. The highest BCUT2D eigenvalue weighted by Crippen LogP contribution is 2.22. The second-order valence-corrected chi connectivity index (χ2v) is 5.02. The van der Waals surface area contributed by atoms with Crippen LogP contribution < -0.4 is 10.1 Å². The number of nitriles is 1. The Morgan fingerprint density at radius 1 is 1.32 bits per heavy atom. The Labute approximate surface area is 131 Å². The molecule has 0 radical (unpaired) electrons. The summed E-state index contributed by atoms with van der Waals surface area (Å²) in [6.45, 7) is 2.13. The van der Waals surface area contributed by atoms with Gasteiger partial charge in [-0.15, -0.1) is 0 Å². The predicted octanol–water partition coefficient (Wildman–Crippen LogP) is 3.76. The SMILES string of the molecule is CN[C@@H](C)C/C=C/c1cncc(Oc2cccc(C#N)c2)c1. The molecular weight excluding hydrogens is 274 g/mol. The molecule has 0 fully saturated rings. The summed E-state index contributed by atoms with van der Waals surface area (Å²) in [4.78, 5) is 4.18. The maximum Gasteiger partial charge on any atom is 0.146 e. The zero-order valence-electron chi connectivity index (χ0n) is 12.8. The standard InChI is InChI=1S/C18H19N3O/c1-14(20-2)5-3-7-16-10-18(13-21-12-16)22-17-8-4-6-15(9-17)11-19/h3-4,6-10,12-14,20H,5H2,1-2H3/b7-3+/t14-/m0/s1. The minimum absolute atomic E-state index is 0.442. The van der Waals surface area contributed by atoms with Crippen LogP contribution in [0.4, 0.5) is 0 Å². The average Bonchev–Trinajstić information content (AvgIpc) is 2.55. The van der Waals surface area contributed by atoms with E-state index in [9.17, 15) is 0 Å². The Balaban J connectivity index is 2.06. The van der Waals surface area contributed by atoms with E-state index < -0.39 is 0 Å². The number of pyridine rings is 1. The van der Waals surface area contributed by atoms with Crippen LogP contribution in [0.1, 0.15) is 24.5 Å². The number of hydrogen-bond acceptors (Lipinski definition) is 4. The van der Waals surface area contributed by atoms with Gasteiger partial charge in [-0.3, -0.25) is 4.98 Å². The first-order valence-corrected chi connectivity index (χ1v) is 7.18. The molecule has 1 atom stereocenters. The Kier molecular flexibility index (Phi) is 5.70. The molecule has 1 aromatic carbocycles. The Hall–Kier alpha value is -2.64. The molecule has 2 aromatic rings. The van der Waals surface area contributed by atoms with Gasteiger partial charge in [0, 0.05) is 12.2 Å². The largest absolute Gasteiger partial charge is 0.456 e. The van der Waals surface area contributed by atoms with Gasteiger partial charge in [0.25, 0.3) is 0 Å². The van der Waals surface area contributed by atoms with E-state index in [0.29, 0.717) is 23.1 Å². The van der Waals surface area contributed by atoms with Crippen LogP contribution in [0, 0.1) is 11.3 Å². The molecule has 0 spiro atoms. The molecule has 0 aliphatic carbocycles. The minimum Gasteiger partial charge on any atom is -0.456 e. The molecule has 0 bridgehead atoms. The molecule has 22 heavy (non-hydrogen) atoms. The van der Waals surface area contributed by atoms with E-state index in [0.717, 1.165) is 12.0 Å². The van der Waals surface area contributed by atoms with Gasteiger partial charge in [0.2, 0.25) is 0 Å². The number of rotatable bonds is 6. The van der Waals surface area contributed by atoms with Gasteiger partial charge in [0.05, 0.1) is 17.8 Å². The second-order valence-electron chi connectivity index (χ2n) is 5.02. The Morgan fingerprint density at radius 2 is 2.18 bits per heavy atom. The number of hydrogen-bond donors (Lipinski definition) is 1. The van der Waals surface area contributed by atoms with Gasteiger partial charge in [-0.1, -0.05) is 18.2 Å². The van der Waals surface area contributed by atoms with Crippen LogP contribution in [0.5, 0.6) is 11.5 Å². The maximum absolute atomic E-state index is 8.90. The summed E-state index contributed by atoms with van der Waals surface area (Å²) in [5.74, 6) is 1.28. The van der Waals surface area contributed by atoms with E-state index in [1.807, 2.05) is 25.3 Å². The lowest BCUT2D eigenvalue weighted by atomic mass is 10.2. The monoisotopic (exact) mass is 293 g/mol. The van der Waals surface area contributed by atoms with Gasteiger partial charge in [-0.2, -0.15) is 5.26 Å². The molecule has 0 aliphatic rings. The fraction of sp³-hybridized carbons (Fsp3) is 0.222. The van der Waals surface area contributed by atoms with Crippen molar-refractivity contribution >= 4 is 6.08 Å². The van der Waals surface area contributed by atoms with Crippen LogP contribution in [0.2, 0.25) is 0 Å². The zero-order chi connectivity index (χ0) is 15.8. The van der Waals surface area contributed by atoms with Crippen molar-refractivity contribution in [2.45, 2.75) is 19.4 Å². The first-order valence-electron chi connectivity index (χ1n) is 7.18. The summed E-state index contributed by atoms with van der Waals surface area (Å²) < 4.78 is 5.75. The first-order chi connectivity index (χ1) is 10.7. The number of aromatic nitrogens is 1. The smallest absolute Gasteiger partial charge is 0.146 e. The van der Waals surface area contributed by atoms with Gasteiger partial charge >= 0.3 is 0 Å². The van der Waals surface area contributed by atoms with E-state index in [2.05, 4.69) is 29.4 Å². The van der Waals surface area contributed by atoms with Gasteiger partial charge in [-0.05, 0) is 50.2 Å². The summed E-state index contributed by atoms with van der Waals surface area (Å²) in [7, 11) is 1.95. The molecule has 112 valence electrons. The first kappa shape index (κ1) is 15.7. The van der Waals surface area contributed by atoms with E-state index in [-0.39, 0.29) is 0 Å². The van der Waals surface area contributed by atoms with E-state index in [1.54, 1.807) is 30.6 Å². The number of ether oxygens (including phenoxy) is 1. The highest BCUT2D eigenvalue weighted by atomic mass is 16.5. The van der Waals surface area contributed by atoms with Crippen molar-refractivity contribution in [2.75, 3.05) is 7.05 Å². The number of benzene rings is 1. The van der Waals surface area contributed by atoms with Crippen molar-refractivity contribution in [1.29, 1.82) is 5.26 Å². The zero-order valence-corrected chi connectivity index (χ0v) is 12.8. The van der Waals surface area contributed by atoms with Crippen molar-refractivity contribution in [1.82, 2.24) is 10.3 Å². The van der Waals surface area contributed by atoms with Crippen molar-refractivity contribution in [2.24, 2.45) is 0 Å². The van der Waals surface area contributed by atoms with Crippen LogP contribution in [-0.2, 0) is 0 Å².